The molecule has 1 spiro atoms. The van der Waals surface area contributed by atoms with Crippen LogP contribution in [0.1, 0.15) is 29.8 Å². The van der Waals surface area contributed by atoms with E-state index in [1.807, 2.05) is 55.3 Å². The Balaban J connectivity index is 1.32. The standard InChI is InChI=1S/C26H30N4O2/c1-18(2)28-24(31)22-14-29(13-19-6-4-3-5-7-19)15-26(22)16-30(17-26)25(32)21-9-8-20-10-11-27-23(20)12-21/h3-12,18,22,27H,13-17H2,1-2H3,(H,28,31). The van der Waals surface area contributed by atoms with E-state index in [0.29, 0.717) is 18.7 Å². The molecule has 1 aromatic heterocycles. The fourth-order valence-corrected chi connectivity index (χ4v) is 5.32. The van der Waals surface area contributed by atoms with Gasteiger partial charge in [-0.25, -0.2) is 0 Å². The van der Waals surface area contributed by atoms with Gasteiger partial charge in [0.2, 0.25) is 5.91 Å². The molecule has 2 N–H and O–H groups in total. The number of nitrogens with zero attached hydrogens (tertiary/aromatic N) is 2. The molecule has 1 atom stereocenters. The zero-order chi connectivity index (χ0) is 22.3. The maximum Gasteiger partial charge on any atom is 0.253 e. The van der Waals surface area contributed by atoms with Gasteiger partial charge in [0, 0.05) is 61.5 Å². The second kappa shape index (κ2) is 8.10. The number of nitrogens with one attached hydrogen (secondary N) is 2. The molecule has 3 aromatic rings. The molecule has 2 saturated heterocycles. The van der Waals surface area contributed by atoms with E-state index in [-0.39, 0.29) is 29.2 Å². The van der Waals surface area contributed by atoms with Gasteiger partial charge >= 0.3 is 0 Å². The van der Waals surface area contributed by atoms with E-state index < -0.39 is 0 Å². The summed E-state index contributed by atoms with van der Waals surface area (Å²) in [4.78, 5) is 33.7. The van der Waals surface area contributed by atoms with Crippen LogP contribution < -0.4 is 5.32 Å². The van der Waals surface area contributed by atoms with Crippen molar-refractivity contribution in [2.45, 2.75) is 26.4 Å². The lowest BCUT2D eigenvalue weighted by molar-refractivity contribution is -0.131. The molecule has 2 fully saturated rings. The van der Waals surface area contributed by atoms with Crippen LogP contribution in [0.25, 0.3) is 10.9 Å². The van der Waals surface area contributed by atoms with Gasteiger partial charge in [-0.05, 0) is 43.0 Å². The molecule has 2 amide bonds. The molecule has 1 unspecified atom stereocenters. The number of benzene rings is 2. The summed E-state index contributed by atoms with van der Waals surface area (Å²) in [5.74, 6) is 0.0377. The second-order valence-corrected chi connectivity index (χ2v) is 9.67. The molecule has 5 rings (SSSR count). The van der Waals surface area contributed by atoms with E-state index in [9.17, 15) is 9.59 Å². The number of H-pyrrole nitrogens is 1. The van der Waals surface area contributed by atoms with Gasteiger partial charge in [-0.3, -0.25) is 14.5 Å². The lowest BCUT2D eigenvalue weighted by Crippen LogP contribution is -2.64. The van der Waals surface area contributed by atoms with Gasteiger partial charge in [0.1, 0.15) is 0 Å². The lowest BCUT2D eigenvalue weighted by atomic mass is 9.71. The number of fused-ring (bicyclic) bond motifs is 1. The first-order valence-corrected chi connectivity index (χ1v) is 11.4. The average molecular weight is 431 g/mol. The molecule has 0 bridgehead atoms. The average Bonchev–Trinajstić information content (AvgIpc) is 3.36. The van der Waals surface area contributed by atoms with Crippen LogP contribution in [0, 0.1) is 11.3 Å². The molecule has 166 valence electrons. The van der Waals surface area contributed by atoms with Gasteiger partial charge in [0.05, 0.1) is 5.92 Å². The highest BCUT2D eigenvalue weighted by Gasteiger charge is 2.57. The lowest BCUT2D eigenvalue weighted by Gasteiger charge is -2.50. The Bertz CT molecular complexity index is 1130. The molecule has 2 aliphatic rings. The fourth-order valence-electron chi connectivity index (χ4n) is 5.32. The second-order valence-electron chi connectivity index (χ2n) is 9.67. The molecule has 0 aliphatic carbocycles. The molecule has 0 radical (unpaired) electrons. The topological polar surface area (TPSA) is 68.4 Å². The number of aromatic nitrogens is 1. The van der Waals surface area contributed by atoms with Gasteiger partial charge < -0.3 is 15.2 Å². The van der Waals surface area contributed by atoms with Crippen molar-refractivity contribution >= 4 is 22.7 Å². The highest BCUT2D eigenvalue weighted by molar-refractivity contribution is 5.98. The maximum absolute atomic E-state index is 13.2. The fraction of sp³-hybridized carbons (Fsp3) is 0.385. The monoisotopic (exact) mass is 430 g/mol. The largest absolute Gasteiger partial charge is 0.361 e. The van der Waals surface area contributed by atoms with Gasteiger partial charge in [0.15, 0.2) is 0 Å². The number of carbonyl (C=O) groups is 2. The molecular formula is C26H30N4O2. The van der Waals surface area contributed by atoms with E-state index in [0.717, 1.165) is 30.5 Å². The predicted octanol–water partition coefficient (Wildman–Crippen LogP) is 3.27. The van der Waals surface area contributed by atoms with Crippen LogP contribution in [0.2, 0.25) is 0 Å². The summed E-state index contributed by atoms with van der Waals surface area (Å²) >= 11 is 0. The summed E-state index contributed by atoms with van der Waals surface area (Å²) in [5, 5.41) is 4.21. The van der Waals surface area contributed by atoms with E-state index in [1.165, 1.54) is 5.56 Å². The van der Waals surface area contributed by atoms with Crippen molar-refractivity contribution in [2.24, 2.45) is 11.3 Å². The van der Waals surface area contributed by atoms with Crippen LogP contribution in [0.5, 0.6) is 0 Å². The number of carbonyl (C=O) groups excluding carboxylic acids is 2. The van der Waals surface area contributed by atoms with E-state index in [2.05, 4.69) is 39.5 Å². The molecule has 0 saturated carbocycles. The SMILES string of the molecule is CC(C)NC(=O)C1CN(Cc2ccccc2)CC12CN(C(=O)c1ccc3cc[nH]c3c1)C2. The molecule has 2 aromatic carbocycles. The molecular weight excluding hydrogens is 400 g/mol. The quantitative estimate of drug-likeness (QED) is 0.653. The number of aromatic amines is 1. The Hall–Kier alpha value is -3.12. The van der Waals surface area contributed by atoms with E-state index >= 15 is 0 Å². The smallest absolute Gasteiger partial charge is 0.253 e. The third-order valence-corrected chi connectivity index (χ3v) is 6.82. The summed E-state index contributed by atoms with van der Waals surface area (Å²) in [6.45, 7) is 7.61. The molecule has 32 heavy (non-hydrogen) atoms. The van der Waals surface area contributed by atoms with Crippen molar-refractivity contribution in [3.63, 3.8) is 0 Å². The summed E-state index contributed by atoms with van der Waals surface area (Å²) in [7, 11) is 0. The third kappa shape index (κ3) is 3.79. The Labute approximate surface area is 188 Å². The minimum absolute atomic E-state index is 0.0386. The minimum atomic E-state index is -0.181. The first-order valence-electron chi connectivity index (χ1n) is 11.4. The number of hydrogen-bond acceptors (Lipinski definition) is 3. The Morgan fingerprint density at radius 1 is 1.09 bits per heavy atom. The summed E-state index contributed by atoms with van der Waals surface area (Å²) < 4.78 is 0. The van der Waals surface area contributed by atoms with Crippen LogP contribution in [-0.4, -0.2) is 58.8 Å². The highest BCUT2D eigenvalue weighted by Crippen LogP contribution is 2.45. The Morgan fingerprint density at radius 3 is 2.62 bits per heavy atom. The van der Waals surface area contributed by atoms with Gasteiger partial charge in [-0.1, -0.05) is 36.4 Å². The maximum atomic E-state index is 13.2. The highest BCUT2D eigenvalue weighted by atomic mass is 16.2. The van der Waals surface area contributed by atoms with Crippen molar-refractivity contribution in [2.75, 3.05) is 26.2 Å². The Kier molecular flexibility index (Phi) is 5.25. The van der Waals surface area contributed by atoms with Crippen molar-refractivity contribution in [3.05, 3.63) is 71.9 Å². The molecule has 2 aliphatic heterocycles. The van der Waals surface area contributed by atoms with Crippen LogP contribution in [0.15, 0.2) is 60.8 Å². The van der Waals surface area contributed by atoms with Crippen molar-refractivity contribution in [3.8, 4) is 0 Å². The molecule has 6 nitrogen and oxygen atoms in total. The minimum Gasteiger partial charge on any atom is -0.361 e. The zero-order valence-corrected chi connectivity index (χ0v) is 18.7. The van der Waals surface area contributed by atoms with Crippen molar-refractivity contribution in [1.29, 1.82) is 0 Å². The molecule has 3 heterocycles. The first-order chi connectivity index (χ1) is 15.4. The normalized spacial score (nSPS) is 20.1. The first kappa shape index (κ1) is 20.8. The summed E-state index contributed by atoms with van der Waals surface area (Å²) in [6, 6.07) is 18.3. The van der Waals surface area contributed by atoms with Crippen LogP contribution in [0.3, 0.4) is 0 Å². The van der Waals surface area contributed by atoms with Crippen LogP contribution in [-0.2, 0) is 11.3 Å². The number of rotatable bonds is 5. The van der Waals surface area contributed by atoms with Crippen LogP contribution >= 0.6 is 0 Å². The van der Waals surface area contributed by atoms with Gasteiger partial charge in [-0.2, -0.15) is 0 Å². The van der Waals surface area contributed by atoms with Crippen molar-refractivity contribution in [1.82, 2.24) is 20.1 Å². The third-order valence-electron chi connectivity index (χ3n) is 6.82. The van der Waals surface area contributed by atoms with Crippen molar-refractivity contribution < 1.29 is 9.59 Å². The Morgan fingerprint density at radius 2 is 1.88 bits per heavy atom. The van der Waals surface area contributed by atoms with Gasteiger partial charge in [-0.15, -0.1) is 0 Å². The number of likely N-dealkylation sites (tertiary alicyclic amines) is 2. The summed E-state index contributed by atoms with van der Waals surface area (Å²) in [5.41, 5.74) is 2.73. The number of amides is 2. The summed E-state index contributed by atoms with van der Waals surface area (Å²) in [6.07, 6.45) is 1.88. The predicted molar refractivity (Wildman–Crippen MR) is 125 cm³/mol. The van der Waals surface area contributed by atoms with Crippen LogP contribution in [0.4, 0.5) is 0 Å². The van der Waals surface area contributed by atoms with E-state index in [1.54, 1.807) is 0 Å². The number of hydrogen-bond donors (Lipinski definition) is 2. The zero-order valence-electron chi connectivity index (χ0n) is 18.7. The van der Waals surface area contributed by atoms with E-state index in [4.69, 9.17) is 0 Å². The molecule has 6 heteroatoms. The van der Waals surface area contributed by atoms with Gasteiger partial charge in [0.25, 0.3) is 5.91 Å².